The standard InChI is InChI=1S/C8H3Cl2F5O/c9-4-1-3(8(13,14)15)2-5(10)6(4)16-7(11)12/h1-2,7H. The number of benzene rings is 1. The van der Waals surface area contributed by atoms with Crippen LogP contribution in [0.1, 0.15) is 5.56 Å². The molecule has 1 aromatic rings. The SMILES string of the molecule is FC(F)Oc1c(Cl)cc(C(F)(F)F)cc1Cl. The molecule has 0 atom stereocenters. The van der Waals surface area contributed by atoms with Gasteiger partial charge >= 0.3 is 12.8 Å². The van der Waals surface area contributed by atoms with Crippen molar-refractivity contribution in [3.05, 3.63) is 27.7 Å². The molecule has 16 heavy (non-hydrogen) atoms. The van der Waals surface area contributed by atoms with Crippen molar-refractivity contribution in [1.29, 1.82) is 0 Å². The first-order chi connectivity index (χ1) is 7.21. The molecule has 0 aliphatic carbocycles. The van der Waals surface area contributed by atoms with E-state index < -0.39 is 34.1 Å². The summed E-state index contributed by atoms with van der Waals surface area (Å²) in [5, 5.41) is -1.25. The molecule has 8 heteroatoms. The van der Waals surface area contributed by atoms with E-state index in [4.69, 9.17) is 23.2 Å². The van der Waals surface area contributed by atoms with Gasteiger partial charge in [0.15, 0.2) is 5.75 Å². The molecular formula is C8H3Cl2F5O. The highest BCUT2D eigenvalue weighted by Gasteiger charge is 2.32. The van der Waals surface area contributed by atoms with Gasteiger partial charge in [0.2, 0.25) is 0 Å². The van der Waals surface area contributed by atoms with E-state index in [9.17, 15) is 22.0 Å². The lowest BCUT2D eigenvalue weighted by atomic mass is 10.2. The lowest BCUT2D eigenvalue weighted by Crippen LogP contribution is -2.07. The van der Waals surface area contributed by atoms with Gasteiger partial charge in [-0.05, 0) is 12.1 Å². The largest absolute Gasteiger partial charge is 0.432 e. The molecule has 90 valence electrons. The van der Waals surface area contributed by atoms with Gasteiger partial charge in [0.05, 0.1) is 15.6 Å². The Morgan fingerprint density at radius 1 is 1.06 bits per heavy atom. The molecule has 0 aliphatic rings. The Bertz CT molecular complexity index is 368. The van der Waals surface area contributed by atoms with Gasteiger partial charge in [0, 0.05) is 0 Å². The quantitative estimate of drug-likeness (QED) is 0.719. The van der Waals surface area contributed by atoms with E-state index in [0.717, 1.165) is 0 Å². The van der Waals surface area contributed by atoms with Crippen LogP contribution in [0.15, 0.2) is 12.1 Å². The van der Waals surface area contributed by atoms with E-state index in [1.54, 1.807) is 0 Å². The molecule has 0 N–H and O–H groups in total. The Hall–Kier alpha value is -0.750. The predicted molar refractivity (Wildman–Crippen MR) is 48.1 cm³/mol. The molecule has 1 aromatic carbocycles. The van der Waals surface area contributed by atoms with Gasteiger partial charge in [-0.3, -0.25) is 0 Å². The first-order valence-corrected chi connectivity index (χ1v) is 4.48. The third kappa shape index (κ3) is 3.12. The maximum absolute atomic E-state index is 12.2. The second-order valence-corrected chi connectivity index (χ2v) is 3.46. The van der Waals surface area contributed by atoms with Gasteiger partial charge in [0.25, 0.3) is 0 Å². The molecule has 0 amide bonds. The summed E-state index contributed by atoms with van der Waals surface area (Å²) in [7, 11) is 0. The van der Waals surface area contributed by atoms with Crippen molar-refractivity contribution in [2.75, 3.05) is 0 Å². The van der Waals surface area contributed by atoms with E-state index in [2.05, 4.69) is 4.74 Å². The molecule has 0 saturated heterocycles. The topological polar surface area (TPSA) is 9.23 Å². The third-order valence-corrected chi connectivity index (χ3v) is 2.09. The van der Waals surface area contributed by atoms with Gasteiger partial charge in [-0.1, -0.05) is 23.2 Å². The number of rotatable bonds is 2. The number of halogens is 7. The minimum atomic E-state index is -4.66. The third-order valence-electron chi connectivity index (χ3n) is 1.53. The lowest BCUT2D eigenvalue weighted by molar-refractivity contribution is -0.137. The normalized spacial score (nSPS) is 12.0. The predicted octanol–water partition coefficient (Wildman–Crippen LogP) is 4.61. The van der Waals surface area contributed by atoms with Crippen LogP contribution in [0.2, 0.25) is 10.0 Å². The maximum atomic E-state index is 12.2. The highest BCUT2D eigenvalue weighted by molar-refractivity contribution is 6.37. The minimum absolute atomic E-state index is 0.463. The summed E-state index contributed by atoms with van der Waals surface area (Å²) in [5.74, 6) is -0.675. The summed E-state index contributed by atoms with van der Waals surface area (Å²) in [6, 6.07) is 0.927. The van der Waals surface area contributed by atoms with Crippen molar-refractivity contribution in [1.82, 2.24) is 0 Å². The van der Waals surface area contributed by atoms with Crippen LogP contribution in [0.5, 0.6) is 5.75 Å². The summed E-state index contributed by atoms with van der Waals surface area (Å²) >= 11 is 10.7. The molecule has 1 nitrogen and oxygen atoms in total. The van der Waals surface area contributed by atoms with Crippen molar-refractivity contribution in [2.24, 2.45) is 0 Å². The summed E-state index contributed by atoms with van der Waals surface area (Å²) < 4.78 is 64.3. The summed E-state index contributed by atoms with van der Waals surface area (Å²) in [5.41, 5.74) is -1.14. The molecule has 0 saturated carbocycles. The molecule has 1 rings (SSSR count). The minimum Gasteiger partial charge on any atom is -0.432 e. The van der Waals surface area contributed by atoms with Crippen molar-refractivity contribution < 1.29 is 26.7 Å². The average molecular weight is 281 g/mol. The maximum Gasteiger partial charge on any atom is 0.416 e. The van der Waals surface area contributed by atoms with Gasteiger partial charge in [-0.25, -0.2) is 0 Å². The van der Waals surface area contributed by atoms with E-state index in [-0.39, 0.29) is 0 Å². The van der Waals surface area contributed by atoms with Gasteiger partial charge < -0.3 is 4.74 Å². The van der Waals surface area contributed by atoms with Crippen LogP contribution in [0.3, 0.4) is 0 Å². The monoisotopic (exact) mass is 280 g/mol. The van der Waals surface area contributed by atoms with Gasteiger partial charge in [-0.15, -0.1) is 0 Å². The fourth-order valence-corrected chi connectivity index (χ4v) is 1.50. The Balaban J connectivity index is 3.18. The first kappa shape index (κ1) is 13.3. The molecule has 0 radical (unpaired) electrons. The van der Waals surface area contributed by atoms with E-state index in [1.165, 1.54) is 0 Å². The Labute approximate surface area is 96.7 Å². The fourth-order valence-electron chi connectivity index (χ4n) is 0.925. The van der Waals surface area contributed by atoms with Crippen molar-refractivity contribution in [3.8, 4) is 5.75 Å². The average Bonchev–Trinajstić information content (AvgIpc) is 2.09. The highest BCUT2D eigenvalue weighted by atomic mass is 35.5. The second kappa shape index (κ2) is 4.63. The highest BCUT2D eigenvalue weighted by Crippen LogP contribution is 2.40. The van der Waals surface area contributed by atoms with Crippen LogP contribution in [0, 0.1) is 0 Å². The molecular weight excluding hydrogens is 278 g/mol. The molecule has 0 fully saturated rings. The zero-order chi connectivity index (χ0) is 12.5. The summed E-state index contributed by atoms with van der Waals surface area (Å²) in [6.45, 7) is -3.22. The van der Waals surface area contributed by atoms with E-state index in [1.807, 2.05) is 0 Å². The Morgan fingerprint density at radius 2 is 1.50 bits per heavy atom. The van der Waals surface area contributed by atoms with E-state index in [0.29, 0.717) is 12.1 Å². The number of alkyl halides is 5. The molecule has 0 aromatic heterocycles. The van der Waals surface area contributed by atoms with Crippen LogP contribution in [0.25, 0.3) is 0 Å². The summed E-state index contributed by atoms with van der Waals surface area (Å²) in [6.07, 6.45) is -4.66. The zero-order valence-electron chi connectivity index (χ0n) is 7.29. The summed E-state index contributed by atoms with van der Waals surface area (Å²) in [4.78, 5) is 0. The van der Waals surface area contributed by atoms with Gasteiger partial charge in [0.1, 0.15) is 0 Å². The molecule has 0 unspecified atom stereocenters. The van der Waals surface area contributed by atoms with Crippen LogP contribution < -0.4 is 4.74 Å². The number of hydrogen-bond acceptors (Lipinski definition) is 1. The molecule has 0 spiro atoms. The van der Waals surface area contributed by atoms with Crippen LogP contribution >= 0.6 is 23.2 Å². The number of ether oxygens (including phenoxy) is 1. The molecule has 0 heterocycles. The van der Waals surface area contributed by atoms with Crippen LogP contribution in [0.4, 0.5) is 22.0 Å². The zero-order valence-corrected chi connectivity index (χ0v) is 8.80. The van der Waals surface area contributed by atoms with Crippen molar-refractivity contribution >= 4 is 23.2 Å². The van der Waals surface area contributed by atoms with Crippen molar-refractivity contribution in [2.45, 2.75) is 12.8 Å². The molecule has 0 aliphatic heterocycles. The first-order valence-electron chi connectivity index (χ1n) is 3.73. The van der Waals surface area contributed by atoms with Crippen LogP contribution in [-0.4, -0.2) is 6.61 Å². The van der Waals surface area contributed by atoms with Gasteiger partial charge in [-0.2, -0.15) is 22.0 Å². The lowest BCUT2D eigenvalue weighted by Gasteiger charge is -2.12. The molecule has 0 bridgehead atoms. The second-order valence-electron chi connectivity index (χ2n) is 2.65. The van der Waals surface area contributed by atoms with Crippen molar-refractivity contribution in [3.63, 3.8) is 0 Å². The number of hydrogen-bond donors (Lipinski definition) is 0. The van der Waals surface area contributed by atoms with Crippen LogP contribution in [-0.2, 0) is 6.18 Å². The smallest absolute Gasteiger partial charge is 0.416 e. The fraction of sp³-hybridized carbons (Fsp3) is 0.250. The Morgan fingerprint density at radius 3 is 1.81 bits per heavy atom. The van der Waals surface area contributed by atoms with E-state index >= 15 is 0 Å². The Kier molecular flexibility index (Phi) is 3.85.